The fraction of sp³-hybridized carbons (Fsp3) is 0.625. The molecule has 2 aliphatic rings. The van der Waals surface area contributed by atoms with Gasteiger partial charge in [0.25, 0.3) is 5.91 Å². The number of ether oxygens (including phenoxy) is 1. The summed E-state index contributed by atoms with van der Waals surface area (Å²) in [6.45, 7) is 6.45. The fourth-order valence-corrected chi connectivity index (χ4v) is 4.59. The zero-order valence-electron chi connectivity index (χ0n) is 19.3. The highest BCUT2D eigenvalue weighted by Crippen LogP contribution is 2.30. The molecule has 3 rings (SSSR count). The molecule has 8 nitrogen and oxygen atoms in total. The molecule has 0 unspecified atom stereocenters. The van der Waals surface area contributed by atoms with E-state index in [9.17, 15) is 19.5 Å². The van der Waals surface area contributed by atoms with Crippen molar-refractivity contribution < 1.29 is 24.2 Å². The van der Waals surface area contributed by atoms with Crippen molar-refractivity contribution in [3.63, 3.8) is 0 Å². The van der Waals surface area contributed by atoms with Crippen LogP contribution in [0.15, 0.2) is 30.3 Å². The maximum absolute atomic E-state index is 13.4. The van der Waals surface area contributed by atoms with Crippen molar-refractivity contribution in [3.05, 3.63) is 35.9 Å². The maximum atomic E-state index is 13.4. The van der Waals surface area contributed by atoms with Gasteiger partial charge in [0, 0.05) is 31.6 Å². The molecule has 0 aromatic heterocycles. The first kappa shape index (κ1) is 24.0. The minimum absolute atomic E-state index is 0.0715. The molecule has 1 aliphatic carbocycles. The van der Waals surface area contributed by atoms with Crippen LogP contribution in [-0.4, -0.2) is 76.2 Å². The minimum atomic E-state index is -0.833. The number of nitrogens with zero attached hydrogens (tertiary/aromatic N) is 2. The van der Waals surface area contributed by atoms with Crippen LogP contribution in [0.2, 0.25) is 0 Å². The Morgan fingerprint density at radius 3 is 2.53 bits per heavy atom. The topological polar surface area (TPSA) is 99.2 Å². The van der Waals surface area contributed by atoms with E-state index in [2.05, 4.69) is 5.32 Å². The maximum Gasteiger partial charge on any atom is 0.407 e. The van der Waals surface area contributed by atoms with Crippen LogP contribution in [0.3, 0.4) is 0 Å². The number of likely N-dealkylation sites (tertiary alicyclic amines) is 1. The zero-order chi connectivity index (χ0) is 23.3. The number of amides is 3. The van der Waals surface area contributed by atoms with E-state index in [1.165, 1.54) is 0 Å². The zero-order valence-corrected chi connectivity index (χ0v) is 19.3. The van der Waals surface area contributed by atoms with Crippen LogP contribution >= 0.6 is 0 Å². The molecule has 8 heteroatoms. The molecule has 3 atom stereocenters. The molecule has 176 valence electrons. The molecule has 1 saturated heterocycles. The lowest BCUT2D eigenvalue weighted by Gasteiger charge is -2.44. The van der Waals surface area contributed by atoms with Crippen molar-refractivity contribution in [2.75, 3.05) is 19.6 Å². The molecule has 2 fully saturated rings. The van der Waals surface area contributed by atoms with Crippen LogP contribution < -0.4 is 5.32 Å². The fourth-order valence-electron chi connectivity index (χ4n) is 4.59. The summed E-state index contributed by atoms with van der Waals surface area (Å²) in [5.41, 5.74) is -0.0880. The average Bonchev–Trinajstić information content (AvgIpc) is 3.16. The van der Waals surface area contributed by atoms with Gasteiger partial charge >= 0.3 is 6.09 Å². The van der Waals surface area contributed by atoms with Crippen molar-refractivity contribution in [3.8, 4) is 0 Å². The second kappa shape index (κ2) is 10.3. The molecule has 1 aliphatic heterocycles. The molecule has 0 spiro atoms. The SMILES string of the molecule is CC(C)(C)OC(=O)NCCN(C(=O)c1ccccc1)[C@H]1CCC[C@H](N2CCCC2=O)[C@@H]1O. The Bertz CT molecular complexity index is 808. The van der Waals surface area contributed by atoms with Gasteiger partial charge in [0.15, 0.2) is 0 Å². The number of hydrogen-bond acceptors (Lipinski definition) is 5. The highest BCUT2D eigenvalue weighted by molar-refractivity contribution is 5.94. The van der Waals surface area contributed by atoms with Gasteiger partial charge < -0.3 is 25.0 Å². The van der Waals surface area contributed by atoms with Crippen LogP contribution in [0, 0.1) is 0 Å². The third kappa shape index (κ3) is 6.00. The van der Waals surface area contributed by atoms with E-state index in [0.717, 1.165) is 19.3 Å². The smallest absolute Gasteiger partial charge is 0.407 e. The lowest BCUT2D eigenvalue weighted by Crippen LogP contribution is -2.59. The quantitative estimate of drug-likeness (QED) is 0.701. The standard InChI is InChI=1S/C24H35N3O5/c1-24(2,3)32-23(31)25-14-16-27(22(30)17-9-5-4-6-10-17)19-12-7-11-18(21(19)29)26-15-8-13-20(26)28/h4-6,9-10,18-19,21,29H,7-8,11-16H2,1-3H3,(H,25,31)/t18-,19-,21-/m0/s1. The molecular formula is C24H35N3O5. The number of carbonyl (C=O) groups is 3. The van der Waals surface area contributed by atoms with Gasteiger partial charge in [-0.1, -0.05) is 18.2 Å². The van der Waals surface area contributed by atoms with Crippen molar-refractivity contribution in [2.45, 2.75) is 76.7 Å². The van der Waals surface area contributed by atoms with Gasteiger partial charge in [0.1, 0.15) is 5.60 Å². The number of aliphatic hydroxyl groups is 1. The Hall–Kier alpha value is -2.61. The van der Waals surface area contributed by atoms with E-state index in [1.54, 1.807) is 54.8 Å². The minimum Gasteiger partial charge on any atom is -0.444 e. The predicted octanol–water partition coefficient (Wildman–Crippen LogP) is 2.56. The van der Waals surface area contributed by atoms with Crippen LogP contribution in [0.5, 0.6) is 0 Å². The molecule has 2 N–H and O–H groups in total. The molecule has 1 aromatic carbocycles. The Morgan fingerprint density at radius 2 is 1.91 bits per heavy atom. The summed E-state index contributed by atoms with van der Waals surface area (Å²) in [5.74, 6) is -0.128. The van der Waals surface area contributed by atoms with Crippen molar-refractivity contribution in [2.24, 2.45) is 0 Å². The van der Waals surface area contributed by atoms with Gasteiger partial charge in [0.05, 0.1) is 18.2 Å². The summed E-state index contributed by atoms with van der Waals surface area (Å²) in [7, 11) is 0. The van der Waals surface area contributed by atoms with Crippen LogP contribution in [0.1, 0.15) is 63.2 Å². The second-order valence-corrected chi connectivity index (χ2v) is 9.54. The van der Waals surface area contributed by atoms with Crippen LogP contribution in [0.25, 0.3) is 0 Å². The largest absolute Gasteiger partial charge is 0.444 e. The molecule has 32 heavy (non-hydrogen) atoms. The van der Waals surface area contributed by atoms with Gasteiger partial charge in [-0.3, -0.25) is 9.59 Å². The Labute approximate surface area is 189 Å². The summed E-state index contributed by atoms with van der Waals surface area (Å²) in [6, 6.07) is 8.21. The van der Waals surface area contributed by atoms with Crippen LogP contribution in [0.4, 0.5) is 4.79 Å². The van der Waals surface area contributed by atoms with E-state index in [4.69, 9.17) is 4.74 Å². The summed E-state index contributed by atoms with van der Waals surface area (Å²) in [6.07, 6.45) is 2.13. The number of benzene rings is 1. The third-order valence-electron chi connectivity index (χ3n) is 6.00. The van der Waals surface area contributed by atoms with E-state index in [-0.39, 0.29) is 30.9 Å². The lowest BCUT2D eigenvalue weighted by molar-refractivity contribution is -0.134. The van der Waals surface area contributed by atoms with Crippen molar-refractivity contribution in [1.82, 2.24) is 15.1 Å². The summed E-state index contributed by atoms with van der Waals surface area (Å²) in [4.78, 5) is 41.1. The Morgan fingerprint density at radius 1 is 1.19 bits per heavy atom. The highest BCUT2D eigenvalue weighted by Gasteiger charge is 2.42. The van der Waals surface area contributed by atoms with Gasteiger partial charge in [-0.25, -0.2) is 4.79 Å². The highest BCUT2D eigenvalue weighted by atomic mass is 16.6. The molecule has 3 amide bonds. The van der Waals surface area contributed by atoms with Crippen molar-refractivity contribution in [1.29, 1.82) is 0 Å². The molecule has 0 bridgehead atoms. The second-order valence-electron chi connectivity index (χ2n) is 9.54. The normalized spacial score (nSPS) is 23.7. The first-order valence-corrected chi connectivity index (χ1v) is 11.5. The summed E-state index contributed by atoms with van der Waals surface area (Å²) >= 11 is 0. The molecular weight excluding hydrogens is 410 g/mol. The van der Waals surface area contributed by atoms with E-state index < -0.39 is 23.8 Å². The Balaban J connectivity index is 1.74. The number of alkyl carbamates (subject to hydrolysis) is 1. The summed E-state index contributed by atoms with van der Waals surface area (Å²) in [5, 5.41) is 13.9. The van der Waals surface area contributed by atoms with Gasteiger partial charge in [-0.15, -0.1) is 0 Å². The number of aliphatic hydroxyl groups excluding tert-OH is 1. The number of nitrogens with one attached hydrogen (secondary N) is 1. The first-order valence-electron chi connectivity index (χ1n) is 11.5. The van der Waals surface area contributed by atoms with E-state index in [1.807, 2.05) is 6.07 Å². The molecule has 1 aromatic rings. The lowest BCUT2D eigenvalue weighted by atomic mass is 9.85. The van der Waals surface area contributed by atoms with Gasteiger partial charge in [0.2, 0.25) is 5.91 Å². The Kier molecular flexibility index (Phi) is 7.77. The van der Waals surface area contributed by atoms with E-state index in [0.29, 0.717) is 24.9 Å². The molecule has 1 heterocycles. The average molecular weight is 446 g/mol. The van der Waals surface area contributed by atoms with E-state index >= 15 is 0 Å². The monoisotopic (exact) mass is 445 g/mol. The van der Waals surface area contributed by atoms with Gasteiger partial charge in [-0.2, -0.15) is 0 Å². The summed E-state index contributed by atoms with van der Waals surface area (Å²) < 4.78 is 5.28. The number of hydrogen-bond donors (Lipinski definition) is 2. The predicted molar refractivity (Wildman–Crippen MR) is 120 cm³/mol. The number of carbonyl (C=O) groups excluding carboxylic acids is 3. The molecule has 0 radical (unpaired) electrons. The third-order valence-corrected chi connectivity index (χ3v) is 6.00. The number of rotatable bonds is 6. The van der Waals surface area contributed by atoms with Gasteiger partial charge in [-0.05, 0) is 58.6 Å². The molecule has 1 saturated carbocycles. The van der Waals surface area contributed by atoms with Crippen molar-refractivity contribution >= 4 is 17.9 Å². The first-order chi connectivity index (χ1) is 15.2. The van der Waals surface area contributed by atoms with Crippen LogP contribution in [-0.2, 0) is 9.53 Å².